The lowest BCUT2D eigenvalue weighted by Gasteiger charge is -2.06. The van der Waals surface area contributed by atoms with Crippen LogP contribution in [-0.4, -0.2) is 11.4 Å². The van der Waals surface area contributed by atoms with Gasteiger partial charge >= 0.3 is 0 Å². The minimum Gasteiger partial charge on any atom is -0.245 e. The third-order valence-corrected chi connectivity index (χ3v) is 3.26. The molecular weight excluding hydrogens is 372 g/mol. The first-order valence-electron chi connectivity index (χ1n) is 6.81. The van der Waals surface area contributed by atoms with Crippen molar-refractivity contribution >= 4 is 22.8 Å². The molecule has 0 unspecified atom stereocenters. The average Bonchev–Trinajstić information content (AvgIpc) is 2.58. The summed E-state index contributed by atoms with van der Waals surface area (Å²) in [6.45, 7) is 2.10. The van der Waals surface area contributed by atoms with Crippen molar-refractivity contribution in [3.05, 3.63) is 58.7 Å². The summed E-state index contributed by atoms with van der Waals surface area (Å²) in [7, 11) is 0. The van der Waals surface area contributed by atoms with E-state index in [0.717, 1.165) is 13.8 Å². The highest BCUT2D eigenvalue weighted by atomic mass is 19.2. The van der Waals surface area contributed by atoms with Gasteiger partial charge in [0.05, 0.1) is 11.4 Å². The molecule has 0 aliphatic heterocycles. The summed E-state index contributed by atoms with van der Waals surface area (Å²) in [6, 6.07) is -0.0551. The summed E-state index contributed by atoms with van der Waals surface area (Å²) in [4.78, 5) is 6.61. The molecule has 0 saturated heterocycles. The molecule has 10 heteroatoms. The maximum absolute atomic E-state index is 13.6. The van der Waals surface area contributed by atoms with Gasteiger partial charge in [-0.1, -0.05) is 0 Å². The van der Waals surface area contributed by atoms with Gasteiger partial charge in [0.2, 0.25) is 0 Å². The molecule has 0 fully saturated rings. The molecule has 26 heavy (non-hydrogen) atoms. The third kappa shape index (κ3) is 3.58. The van der Waals surface area contributed by atoms with E-state index in [1.54, 1.807) is 0 Å². The average molecular weight is 380 g/mol. The number of aliphatic imine (C=N–C) groups is 2. The van der Waals surface area contributed by atoms with Crippen LogP contribution in [-0.2, 0) is 0 Å². The molecule has 138 valence electrons. The summed E-state index contributed by atoms with van der Waals surface area (Å²) in [5.41, 5.74) is -3.51. The molecule has 0 bridgehead atoms. The Labute approximate surface area is 141 Å². The molecule has 0 atom stereocenters. The Morgan fingerprint density at radius 2 is 0.769 bits per heavy atom. The molecule has 0 N–H and O–H groups in total. The minimum absolute atomic E-state index is 0.0275. The van der Waals surface area contributed by atoms with Gasteiger partial charge in [0.15, 0.2) is 46.5 Å². The molecule has 2 rings (SSSR count). The van der Waals surface area contributed by atoms with E-state index >= 15 is 0 Å². The maximum atomic E-state index is 13.6. The fourth-order valence-corrected chi connectivity index (χ4v) is 1.81. The first-order chi connectivity index (χ1) is 12.0. The standard InChI is InChI=1S/C16H8F8N2/c1-5(25-15-11(21)7(17)3-8(18)12(15)22)6(2)26-16-13(23)9(19)4-10(20)14(16)24/h3-4H,1-2H3. The van der Waals surface area contributed by atoms with Gasteiger partial charge in [-0.2, -0.15) is 0 Å². The van der Waals surface area contributed by atoms with Crippen LogP contribution in [0, 0.1) is 46.5 Å². The fraction of sp³-hybridized carbons (Fsp3) is 0.125. The van der Waals surface area contributed by atoms with Crippen molar-refractivity contribution < 1.29 is 35.1 Å². The Hall–Kier alpha value is -2.78. The van der Waals surface area contributed by atoms with Gasteiger partial charge in [-0.3, -0.25) is 0 Å². The van der Waals surface area contributed by atoms with Crippen LogP contribution in [0.3, 0.4) is 0 Å². The van der Waals surface area contributed by atoms with Gasteiger partial charge in [0, 0.05) is 12.1 Å². The molecule has 0 radical (unpaired) electrons. The van der Waals surface area contributed by atoms with E-state index in [2.05, 4.69) is 9.98 Å². The molecular formula is C16H8F8N2. The lowest BCUT2D eigenvalue weighted by Crippen LogP contribution is -2.07. The Morgan fingerprint density at radius 1 is 0.538 bits per heavy atom. The van der Waals surface area contributed by atoms with Crippen molar-refractivity contribution in [3.8, 4) is 0 Å². The molecule has 0 aromatic heterocycles. The molecule has 0 saturated carbocycles. The number of benzene rings is 2. The van der Waals surface area contributed by atoms with E-state index in [-0.39, 0.29) is 12.1 Å². The van der Waals surface area contributed by atoms with Crippen LogP contribution in [0.25, 0.3) is 0 Å². The monoisotopic (exact) mass is 380 g/mol. The van der Waals surface area contributed by atoms with Crippen LogP contribution in [0.5, 0.6) is 0 Å². The lowest BCUT2D eigenvalue weighted by molar-refractivity contribution is 0.457. The van der Waals surface area contributed by atoms with Crippen LogP contribution in [0.15, 0.2) is 22.1 Å². The summed E-state index contributed by atoms with van der Waals surface area (Å²) in [6.07, 6.45) is 0. The smallest absolute Gasteiger partial charge is 0.187 e. The predicted molar refractivity (Wildman–Crippen MR) is 78.1 cm³/mol. The predicted octanol–water partition coefficient (Wildman–Crippen LogP) is 5.68. The van der Waals surface area contributed by atoms with E-state index in [1.807, 2.05) is 0 Å². The van der Waals surface area contributed by atoms with Gasteiger partial charge in [-0.25, -0.2) is 45.1 Å². The Balaban J connectivity index is 2.57. The van der Waals surface area contributed by atoms with Gasteiger partial charge in [0.25, 0.3) is 0 Å². The SMILES string of the molecule is CC(=Nc1c(F)c(F)cc(F)c1F)C(C)=Nc1c(F)c(F)cc(F)c1F. The molecule has 2 aromatic carbocycles. The molecule has 0 aliphatic rings. The third-order valence-electron chi connectivity index (χ3n) is 3.26. The Bertz CT molecular complexity index is 820. The van der Waals surface area contributed by atoms with Gasteiger partial charge in [-0.15, -0.1) is 0 Å². The van der Waals surface area contributed by atoms with Crippen LogP contribution < -0.4 is 0 Å². The number of halogens is 8. The Morgan fingerprint density at radius 3 is 1.00 bits per heavy atom. The highest BCUT2D eigenvalue weighted by Gasteiger charge is 2.21. The van der Waals surface area contributed by atoms with Crippen LogP contribution in [0.4, 0.5) is 46.5 Å². The summed E-state index contributed by atoms with van der Waals surface area (Å²) in [5.74, 6) is -14.1. The molecule has 2 nitrogen and oxygen atoms in total. The largest absolute Gasteiger partial charge is 0.245 e. The summed E-state index contributed by atoms with van der Waals surface area (Å²) >= 11 is 0. The van der Waals surface area contributed by atoms with E-state index in [0.29, 0.717) is 0 Å². The molecule has 2 aromatic rings. The first kappa shape index (κ1) is 19.5. The van der Waals surface area contributed by atoms with Crippen LogP contribution in [0.2, 0.25) is 0 Å². The molecule has 0 spiro atoms. The zero-order valence-electron chi connectivity index (χ0n) is 13.1. The fourth-order valence-electron chi connectivity index (χ4n) is 1.81. The van der Waals surface area contributed by atoms with Crippen molar-refractivity contribution in [1.29, 1.82) is 0 Å². The molecule has 0 aliphatic carbocycles. The summed E-state index contributed by atoms with van der Waals surface area (Å²) in [5, 5.41) is 0. The van der Waals surface area contributed by atoms with E-state index < -0.39 is 69.3 Å². The topological polar surface area (TPSA) is 24.7 Å². The van der Waals surface area contributed by atoms with Crippen LogP contribution in [0.1, 0.15) is 13.8 Å². The quantitative estimate of drug-likeness (QED) is 0.372. The van der Waals surface area contributed by atoms with Gasteiger partial charge < -0.3 is 0 Å². The highest BCUT2D eigenvalue weighted by Crippen LogP contribution is 2.29. The second-order valence-electron chi connectivity index (χ2n) is 5.03. The Kier molecular flexibility index (Phi) is 5.43. The van der Waals surface area contributed by atoms with Crippen LogP contribution >= 0.6 is 0 Å². The number of rotatable bonds is 3. The van der Waals surface area contributed by atoms with E-state index in [1.165, 1.54) is 0 Å². The second kappa shape index (κ2) is 7.22. The van der Waals surface area contributed by atoms with Crippen molar-refractivity contribution in [2.75, 3.05) is 0 Å². The molecule has 0 amide bonds. The molecule has 0 heterocycles. The zero-order valence-corrected chi connectivity index (χ0v) is 13.1. The highest BCUT2D eigenvalue weighted by molar-refractivity contribution is 6.41. The van der Waals surface area contributed by atoms with Crippen molar-refractivity contribution in [1.82, 2.24) is 0 Å². The van der Waals surface area contributed by atoms with E-state index in [4.69, 9.17) is 0 Å². The van der Waals surface area contributed by atoms with Crippen molar-refractivity contribution in [2.45, 2.75) is 13.8 Å². The van der Waals surface area contributed by atoms with Gasteiger partial charge in [0.1, 0.15) is 11.4 Å². The minimum atomic E-state index is -1.80. The normalized spacial score (nSPS) is 12.7. The second-order valence-corrected chi connectivity index (χ2v) is 5.03. The lowest BCUT2D eigenvalue weighted by atomic mass is 10.2. The summed E-state index contributed by atoms with van der Waals surface area (Å²) < 4.78 is 107. The first-order valence-corrected chi connectivity index (χ1v) is 6.81. The van der Waals surface area contributed by atoms with Gasteiger partial charge in [-0.05, 0) is 13.8 Å². The number of nitrogens with zero attached hydrogens (tertiary/aromatic N) is 2. The number of hydrogen-bond acceptors (Lipinski definition) is 2. The number of hydrogen-bond donors (Lipinski definition) is 0. The maximum Gasteiger partial charge on any atom is 0.187 e. The van der Waals surface area contributed by atoms with Crippen molar-refractivity contribution in [2.24, 2.45) is 9.98 Å². The van der Waals surface area contributed by atoms with E-state index in [9.17, 15) is 35.1 Å². The van der Waals surface area contributed by atoms with Crippen molar-refractivity contribution in [3.63, 3.8) is 0 Å². The zero-order chi connectivity index (χ0) is 19.8.